The maximum Gasteiger partial charge on any atom is 0.264 e. The fourth-order valence-corrected chi connectivity index (χ4v) is 3.56. The number of anilines is 2. The zero-order valence-electron chi connectivity index (χ0n) is 9.64. The molecule has 2 aromatic rings. The number of nitrogens with two attached hydrogens (primary N) is 1. The van der Waals surface area contributed by atoms with Gasteiger partial charge in [0.25, 0.3) is 10.0 Å². The lowest BCUT2D eigenvalue weighted by Gasteiger charge is -2.10. The maximum absolute atomic E-state index is 13.2. The minimum atomic E-state index is -3.96. The van der Waals surface area contributed by atoms with Gasteiger partial charge in [-0.25, -0.2) is 22.8 Å². The van der Waals surface area contributed by atoms with Gasteiger partial charge in [-0.3, -0.25) is 4.72 Å². The fourth-order valence-electron chi connectivity index (χ4n) is 1.31. The Bertz CT molecular complexity index is 753. The highest BCUT2D eigenvalue weighted by molar-refractivity contribution is 9.10. The summed E-state index contributed by atoms with van der Waals surface area (Å²) >= 11 is 6.07. The van der Waals surface area contributed by atoms with Crippen LogP contribution in [0, 0.1) is 5.82 Å². The molecule has 0 saturated carbocycles. The number of nitrogens with zero attached hydrogens (tertiary/aromatic N) is 2. The number of sulfonamides is 1. The number of halogens is 3. The Balaban J connectivity index is 2.40. The highest BCUT2D eigenvalue weighted by Crippen LogP contribution is 2.27. The van der Waals surface area contributed by atoms with Gasteiger partial charge in [0.2, 0.25) is 0 Å². The SMILES string of the molecule is Nc1cc(S(=O)(=O)Nc2cnc(Br)cn2)c(Br)cc1F. The predicted molar refractivity (Wildman–Crippen MR) is 79.1 cm³/mol. The summed E-state index contributed by atoms with van der Waals surface area (Å²) < 4.78 is 40.3. The number of hydrogen-bond donors (Lipinski definition) is 2. The first-order valence-electron chi connectivity index (χ1n) is 5.04. The molecule has 0 spiro atoms. The number of hydrogen-bond acceptors (Lipinski definition) is 5. The molecule has 0 unspecified atom stereocenters. The summed E-state index contributed by atoms with van der Waals surface area (Å²) in [5, 5.41) is 0. The average Bonchev–Trinajstić information content (AvgIpc) is 2.36. The third-order valence-electron chi connectivity index (χ3n) is 2.20. The number of benzene rings is 1. The molecule has 1 aromatic heterocycles. The molecular formula is C10H7Br2FN4O2S. The van der Waals surface area contributed by atoms with Crippen molar-refractivity contribution < 1.29 is 12.8 Å². The first kappa shape index (κ1) is 15.1. The highest BCUT2D eigenvalue weighted by Gasteiger charge is 2.20. The summed E-state index contributed by atoms with van der Waals surface area (Å²) in [5.41, 5.74) is 5.11. The molecule has 2 rings (SSSR count). The van der Waals surface area contributed by atoms with Crippen molar-refractivity contribution in [2.24, 2.45) is 0 Å². The van der Waals surface area contributed by atoms with Crippen LogP contribution in [0.2, 0.25) is 0 Å². The third kappa shape index (κ3) is 3.25. The number of aromatic nitrogens is 2. The van der Waals surface area contributed by atoms with Crippen molar-refractivity contribution in [2.45, 2.75) is 4.90 Å². The maximum atomic E-state index is 13.2. The Morgan fingerprint density at radius 3 is 2.50 bits per heavy atom. The zero-order chi connectivity index (χ0) is 14.9. The summed E-state index contributed by atoms with van der Waals surface area (Å²) in [6.07, 6.45) is 2.58. The largest absolute Gasteiger partial charge is 0.396 e. The number of nitrogens with one attached hydrogen (secondary N) is 1. The summed E-state index contributed by atoms with van der Waals surface area (Å²) in [6, 6.07) is 2.01. The van der Waals surface area contributed by atoms with Crippen molar-refractivity contribution in [2.75, 3.05) is 10.5 Å². The molecule has 0 aliphatic carbocycles. The Morgan fingerprint density at radius 1 is 1.20 bits per heavy atom. The van der Waals surface area contributed by atoms with Gasteiger partial charge in [-0.05, 0) is 44.0 Å². The van der Waals surface area contributed by atoms with E-state index in [0.717, 1.165) is 12.1 Å². The van der Waals surface area contributed by atoms with Gasteiger partial charge in [-0.1, -0.05) is 0 Å². The molecule has 0 aliphatic rings. The van der Waals surface area contributed by atoms with Crippen LogP contribution in [0.15, 0.2) is 38.5 Å². The average molecular weight is 426 g/mol. The van der Waals surface area contributed by atoms with Gasteiger partial charge in [0.1, 0.15) is 15.3 Å². The molecule has 0 atom stereocenters. The second-order valence-electron chi connectivity index (χ2n) is 3.63. The van der Waals surface area contributed by atoms with E-state index in [-0.39, 0.29) is 20.9 Å². The molecule has 10 heteroatoms. The van der Waals surface area contributed by atoms with Crippen LogP contribution in [0.1, 0.15) is 0 Å². The molecule has 0 amide bonds. The minimum Gasteiger partial charge on any atom is -0.396 e. The van der Waals surface area contributed by atoms with Crippen molar-refractivity contribution >= 4 is 53.4 Å². The van der Waals surface area contributed by atoms with E-state index in [2.05, 4.69) is 46.5 Å². The van der Waals surface area contributed by atoms with Gasteiger partial charge in [-0.15, -0.1) is 0 Å². The molecule has 6 nitrogen and oxygen atoms in total. The molecule has 0 bridgehead atoms. The van der Waals surface area contributed by atoms with Crippen LogP contribution >= 0.6 is 31.9 Å². The Labute approximate surface area is 130 Å². The van der Waals surface area contributed by atoms with Gasteiger partial charge in [-0.2, -0.15) is 0 Å². The predicted octanol–water partition coefficient (Wildman–Crippen LogP) is 2.52. The molecule has 106 valence electrons. The molecule has 0 fully saturated rings. The van der Waals surface area contributed by atoms with Crippen LogP contribution in [0.3, 0.4) is 0 Å². The van der Waals surface area contributed by atoms with Gasteiger partial charge in [0.15, 0.2) is 5.82 Å². The molecule has 1 heterocycles. The van der Waals surface area contributed by atoms with Gasteiger partial charge in [0, 0.05) is 4.47 Å². The topological polar surface area (TPSA) is 98.0 Å². The van der Waals surface area contributed by atoms with Crippen LogP contribution in [0.4, 0.5) is 15.9 Å². The van der Waals surface area contributed by atoms with E-state index in [1.54, 1.807) is 0 Å². The van der Waals surface area contributed by atoms with Crippen molar-refractivity contribution in [1.82, 2.24) is 9.97 Å². The smallest absolute Gasteiger partial charge is 0.264 e. The van der Waals surface area contributed by atoms with Crippen LogP contribution < -0.4 is 10.5 Å². The van der Waals surface area contributed by atoms with Crippen LogP contribution in [0.5, 0.6) is 0 Å². The van der Waals surface area contributed by atoms with Crippen LogP contribution in [0.25, 0.3) is 0 Å². The molecule has 0 radical (unpaired) electrons. The van der Waals surface area contributed by atoms with Crippen molar-refractivity contribution in [3.05, 3.63) is 39.4 Å². The van der Waals surface area contributed by atoms with Crippen molar-refractivity contribution in [3.63, 3.8) is 0 Å². The van der Waals surface area contributed by atoms with Crippen molar-refractivity contribution in [1.29, 1.82) is 0 Å². The van der Waals surface area contributed by atoms with E-state index in [1.165, 1.54) is 12.4 Å². The summed E-state index contributed by atoms with van der Waals surface area (Å²) in [6.45, 7) is 0. The highest BCUT2D eigenvalue weighted by atomic mass is 79.9. The van der Waals surface area contributed by atoms with E-state index in [1.807, 2.05) is 0 Å². The van der Waals surface area contributed by atoms with E-state index < -0.39 is 15.8 Å². The zero-order valence-corrected chi connectivity index (χ0v) is 13.6. The quantitative estimate of drug-likeness (QED) is 0.736. The van der Waals surface area contributed by atoms with Gasteiger partial charge in [0.05, 0.1) is 18.1 Å². The van der Waals surface area contributed by atoms with Crippen molar-refractivity contribution in [3.8, 4) is 0 Å². The number of rotatable bonds is 3. The molecule has 0 saturated heterocycles. The minimum absolute atomic E-state index is 0.0306. The second kappa shape index (κ2) is 5.62. The lowest BCUT2D eigenvalue weighted by Crippen LogP contribution is -2.15. The van der Waals surface area contributed by atoms with E-state index in [0.29, 0.717) is 4.60 Å². The standard InChI is InChI=1S/C10H7Br2FN4O2S/c11-5-1-6(13)7(14)2-8(5)20(18,19)17-10-4-15-9(12)3-16-10/h1-4H,14H2,(H,16,17). The van der Waals surface area contributed by atoms with E-state index in [9.17, 15) is 12.8 Å². The van der Waals surface area contributed by atoms with Crippen LogP contribution in [-0.4, -0.2) is 18.4 Å². The molecular weight excluding hydrogens is 419 g/mol. The van der Waals surface area contributed by atoms with E-state index >= 15 is 0 Å². The molecule has 0 aliphatic heterocycles. The van der Waals surface area contributed by atoms with E-state index in [4.69, 9.17) is 5.73 Å². The summed E-state index contributed by atoms with van der Waals surface area (Å²) in [4.78, 5) is 7.49. The molecule has 20 heavy (non-hydrogen) atoms. The first-order chi connectivity index (χ1) is 9.29. The Morgan fingerprint density at radius 2 is 1.90 bits per heavy atom. The van der Waals surface area contributed by atoms with Gasteiger partial charge < -0.3 is 5.73 Å². The van der Waals surface area contributed by atoms with Gasteiger partial charge >= 0.3 is 0 Å². The normalized spacial score (nSPS) is 11.3. The lowest BCUT2D eigenvalue weighted by atomic mass is 10.3. The molecule has 1 aromatic carbocycles. The Kier molecular flexibility index (Phi) is 4.25. The summed E-state index contributed by atoms with van der Waals surface area (Å²) in [7, 11) is -3.96. The fraction of sp³-hybridized carbons (Fsp3) is 0. The Hall–Kier alpha value is -1.26. The van der Waals surface area contributed by atoms with Crippen LogP contribution in [-0.2, 0) is 10.0 Å². The monoisotopic (exact) mass is 424 g/mol. The lowest BCUT2D eigenvalue weighted by molar-refractivity contribution is 0.599. The first-order valence-corrected chi connectivity index (χ1v) is 8.11. The third-order valence-corrected chi connectivity index (χ3v) is 4.92. The second-order valence-corrected chi connectivity index (χ2v) is 6.95. The number of nitrogen functional groups attached to an aromatic ring is 1. The molecule has 3 N–H and O–H groups in total. The summed E-state index contributed by atoms with van der Waals surface area (Å²) in [5.74, 6) is -0.678.